The maximum Gasteiger partial charge on any atom is 0.309 e. The minimum Gasteiger partial charge on any atom is -0.458 e. The molecule has 0 radical (unpaired) electrons. The Kier molecular flexibility index (Phi) is 9.86. The van der Waals surface area contributed by atoms with Gasteiger partial charge in [0.05, 0.1) is 12.5 Å². The van der Waals surface area contributed by atoms with Gasteiger partial charge in [-0.15, -0.1) is 0 Å². The number of esters is 1. The van der Waals surface area contributed by atoms with Gasteiger partial charge in [0.15, 0.2) is 0 Å². The summed E-state index contributed by atoms with van der Waals surface area (Å²) in [5.74, 6) is -0.289. The second kappa shape index (κ2) is 12.8. The first-order chi connectivity index (χ1) is 17.3. The topological polar surface area (TPSA) is 35.5 Å². The van der Waals surface area contributed by atoms with Crippen LogP contribution in [0.15, 0.2) is 103 Å². The van der Waals surface area contributed by atoms with Crippen LogP contribution in [0.2, 0.25) is 5.04 Å². The fourth-order valence-corrected chi connectivity index (χ4v) is 9.30. The van der Waals surface area contributed by atoms with Crippen LogP contribution in [0.1, 0.15) is 46.6 Å². The molecule has 0 aliphatic heterocycles. The second-order valence-corrected chi connectivity index (χ2v) is 14.6. The molecule has 3 aromatic carbocycles. The molecular formula is C32H40O3Si. The normalized spacial score (nSPS) is 13.9. The van der Waals surface area contributed by atoms with Gasteiger partial charge in [-0.1, -0.05) is 125 Å². The van der Waals surface area contributed by atoms with E-state index < -0.39 is 8.32 Å². The molecule has 0 unspecified atom stereocenters. The molecule has 0 aliphatic carbocycles. The van der Waals surface area contributed by atoms with Crippen molar-refractivity contribution in [2.24, 2.45) is 5.92 Å². The number of ether oxygens (including phenoxy) is 1. The fraction of sp³-hybridized carbons (Fsp3) is 0.344. The smallest absolute Gasteiger partial charge is 0.309 e. The summed E-state index contributed by atoms with van der Waals surface area (Å²) in [5.41, 5.74) is 1.16. The van der Waals surface area contributed by atoms with Crippen LogP contribution < -0.4 is 10.4 Å². The third-order valence-corrected chi connectivity index (χ3v) is 11.7. The third-order valence-electron chi connectivity index (χ3n) is 6.67. The Morgan fingerprint density at radius 3 is 1.83 bits per heavy atom. The van der Waals surface area contributed by atoms with Gasteiger partial charge in [-0.25, -0.2) is 0 Å². The van der Waals surface area contributed by atoms with Crippen LogP contribution in [0.4, 0.5) is 0 Å². The molecule has 3 nitrogen and oxygen atoms in total. The molecule has 2 atom stereocenters. The van der Waals surface area contributed by atoms with Crippen molar-refractivity contribution in [1.29, 1.82) is 0 Å². The molecule has 0 fully saturated rings. The van der Waals surface area contributed by atoms with E-state index in [-0.39, 0.29) is 23.0 Å². The third kappa shape index (κ3) is 6.83. The summed E-state index contributed by atoms with van der Waals surface area (Å²) in [5, 5.41) is 2.43. The van der Waals surface area contributed by atoms with Gasteiger partial charge < -0.3 is 9.16 Å². The van der Waals surface area contributed by atoms with Crippen LogP contribution in [0, 0.1) is 5.92 Å². The average molecular weight is 501 g/mol. The van der Waals surface area contributed by atoms with Crippen LogP contribution in [0.25, 0.3) is 0 Å². The van der Waals surface area contributed by atoms with Gasteiger partial charge in [0.2, 0.25) is 0 Å². The summed E-state index contributed by atoms with van der Waals surface area (Å²) in [7, 11) is -2.58. The Bertz CT molecular complexity index is 1050. The highest BCUT2D eigenvalue weighted by molar-refractivity contribution is 6.99. The van der Waals surface area contributed by atoms with Crippen molar-refractivity contribution in [1.82, 2.24) is 0 Å². The van der Waals surface area contributed by atoms with Gasteiger partial charge in [-0.2, -0.15) is 0 Å². The summed E-state index contributed by atoms with van der Waals surface area (Å²) in [4.78, 5) is 12.8. The second-order valence-electron chi connectivity index (χ2n) is 10.3. The number of hydrogen-bond donors (Lipinski definition) is 0. The van der Waals surface area contributed by atoms with E-state index in [4.69, 9.17) is 9.16 Å². The average Bonchev–Trinajstić information content (AvgIpc) is 2.88. The predicted molar refractivity (Wildman–Crippen MR) is 152 cm³/mol. The number of rotatable bonds is 11. The minimum absolute atomic E-state index is 0.0760. The van der Waals surface area contributed by atoms with Crippen LogP contribution >= 0.6 is 0 Å². The zero-order valence-electron chi connectivity index (χ0n) is 22.3. The maximum atomic E-state index is 12.8. The van der Waals surface area contributed by atoms with Crippen molar-refractivity contribution in [2.45, 2.75) is 58.6 Å². The molecular weight excluding hydrogens is 460 g/mol. The molecule has 0 bridgehead atoms. The van der Waals surface area contributed by atoms with Crippen molar-refractivity contribution in [2.75, 3.05) is 6.61 Å². The lowest BCUT2D eigenvalue weighted by Gasteiger charge is -2.42. The minimum atomic E-state index is -2.58. The van der Waals surface area contributed by atoms with Crippen LogP contribution in [0.5, 0.6) is 0 Å². The first-order valence-electron chi connectivity index (χ1n) is 12.9. The summed E-state index contributed by atoms with van der Waals surface area (Å²) >= 11 is 0. The zero-order valence-corrected chi connectivity index (χ0v) is 23.3. The monoisotopic (exact) mass is 500 g/mol. The number of carbonyl (C=O) groups excluding carboxylic acids is 1. The Morgan fingerprint density at radius 2 is 1.36 bits per heavy atom. The van der Waals surface area contributed by atoms with E-state index in [2.05, 4.69) is 81.4 Å². The molecule has 0 saturated carbocycles. The highest BCUT2D eigenvalue weighted by atomic mass is 28.4. The molecule has 0 aliphatic rings. The lowest BCUT2D eigenvalue weighted by molar-refractivity contribution is -0.151. The SMILES string of the molecule is CC[C@@H](Cc1ccccc1)C(=O)O[C@@H](C)/C=C/CO[Si](c1ccccc1)(c1ccccc1)C(C)(C)C. The molecule has 0 heterocycles. The molecule has 3 aromatic rings. The molecule has 0 aromatic heterocycles. The van der Waals surface area contributed by atoms with E-state index in [9.17, 15) is 4.79 Å². The van der Waals surface area contributed by atoms with Crippen molar-refractivity contribution in [3.05, 3.63) is 109 Å². The summed E-state index contributed by atoms with van der Waals surface area (Å²) in [6.45, 7) is 11.2. The highest BCUT2D eigenvalue weighted by Crippen LogP contribution is 2.36. The van der Waals surface area contributed by atoms with E-state index >= 15 is 0 Å². The van der Waals surface area contributed by atoms with Gasteiger partial charge in [0.1, 0.15) is 6.10 Å². The number of benzene rings is 3. The first kappa shape index (κ1) is 27.6. The summed E-state index contributed by atoms with van der Waals surface area (Å²) < 4.78 is 12.7. The quantitative estimate of drug-likeness (QED) is 0.176. The van der Waals surface area contributed by atoms with Gasteiger partial charge in [0, 0.05) is 0 Å². The van der Waals surface area contributed by atoms with Crippen molar-refractivity contribution >= 4 is 24.7 Å². The van der Waals surface area contributed by atoms with Crippen LogP contribution in [-0.4, -0.2) is 27.0 Å². The Hall–Kier alpha value is -2.95. The standard InChI is InChI=1S/C32H40O3Si/c1-6-28(25-27-18-10-7-11-19-27)31(33)35-26(2)17-16-24-34-36(32(3,4)5,29-20-12-8-13-21-29)30-22-14-9-15-23-30/h7-23,26,28H,6,24-25H2,1-5H3/b17-16+/t26-,28-/m0/s1. The maximum absolute atomic E-state index is 12.8. The largest absolute Gasteiger partial charge is 0.458 e. The Morgan fingerprint density at radius 1 is 0.861 bits per heavy atom. The summed E-state index contributed by atoms with van der Waals surface area (Å²) in [6, 6.07) is 31.3. The number of hydrogen-bond acceptors (Lipinski definition) is 3. The molecule has 0 spiro atoms. The lowest BCUT2D eigenvalue weighted by atomic mass is 9.97. The van der Waals surface area contributed by atoms with E-state index in [1.165, 1.54) is 10.4 Å². The predicted octanol–water partition coefficient (Wildman–Crippen LogP) is 6.32. The van der Waals surface area contributed by atoms with E-state index in [1.54, 1.807) is 0 Å². The molecule has 4 heteroatoms. The summed E-state index contributed by atoms with van der Waals surface area (Å²) in [6.07, 6.45) is 5.07. The van der Waals surface area contributed by atoms with Crippen molar-refractivity contribution in [3.8, 4) is 0 Å². The van der Waals surface area contributed by atoms with Crippen molar-refractivity contribution in [3.63, 3.8) is 0 Å². The number of carbonyl (C=O) groups is 1. The molecule has 0 amide bonds. The van der Waals surface area contributed by atoms with Crippen molar-refractivity contribution < 1.29 is 14.0 Å². The van der Waals surface area contributed by atoms with Gasteiger partial charge in [0.25, 0.3) is 8.32 Å². The zero-order chi connectivity index (χ0) is 26.0. The first-order valence-corrected chi connectivity index (χ1v) is 14.8. The van der Waals surface area contributed by atoms with Gasteiger partial charge >= 0.3 is 5.97 Å². The van der Waals surface area contributed by atoms with E-state index in [0.717, 1.165) is 12.0 Å². The Balaban J connectivity index is 1.70. The Labute approximate surface area is 218 Å². The lowest BCUT2D eigenvalue weighted by Crippen LogP contribution is -2.66. The van der Waals surface area contributed by atoms with Crippen LogP contribution in [0.3, 0.4) is 0 Å². The molecule has 3 rings (SSSR count). The van der Waals surface area contributed by atoms with E-state index in [0.29, 0.717) is 13.0 Å². The van der Waals surface area contributed by atoms with Gasteiger partial charge in [-0.05, 0) is 46.8 Å². The van der Waals surface area contributed by atoms with Gasteiger partial charge in [-0.3, -0.25) is 4.79 Å². The highest BCUT2D eigenvalue weighted by Gasteiger charge is 2.49. The molecule has 0 N–H and O–H groups in total. The van der Waals surface area contributed by atoms with Crippen LogP contribution in [-0.2, 0) is 20.4 Å². The molecule has 190 valence electrons. The molecule has 0 saturated heterocycles. The van der Waals surface area contributed by atoms with E-state index in [1.807, 2.05) is 56.3 Å². The fourth-order valence-electron chi connectivity index (χ4n) is 4.79. The molecule has 36 heavy (non-hydrogen) atoms.